The number of hydrogen-bond acceptors (Lipinski definition) is 2. The highest BCUT2D eigenvalue weighted by molar-refractivity contribution is 6.42. The fourth-order valence-corrected chi connectivity index (χ4v) is 2.36. The second-order valence-electron chi connectivity index (χ2n) is 5.26. The topological polar surface area (TPSA) is 38.3 Å². The molecule has 1 amide bonds. The number of halogens is 2. The van der Waals surface area contributed by atoms with Crippen molar-refractivity contribution in [1.29, 1.82) is 0 Å². The van der Waals surface area contributed by atoms with Gasteiger partial charge >= 0.3 is 0 Å². The molecule has 122 valence electrons. The Bertz CT molecular complexity index is 657. The molecule has 0 aliphatic rings. The van der Waals surface area contributed by atoms with E-state index < -0.39 is 0 Å². The van der Waals surface area contributed by atoms with Crippen LogP contribution in [0.1, 0.15) is 17.5 Å². The fourth-order valence-electron chi connectivity index (χ4n) is 2.04. The fraction of sp³-hybridized carbons (Fsp3) is 0.278. The van der Waals surface area contributed by atoms with Crippen LogP contribution in [0.3, 0.4) is 0 Å². The summed E-state index contributed by atoms with van der Waals surface area (Å²) in [6.07, 6.45) is 1.03. The highest BCUT2D eigenvalue weighted by Gasteiger charge is 2.04. The van der Waals surface area contributed by atoms with E-state index in [0.717, 1.165) is 11.3 Å². The summed E-state index contributed by atoms with van der Waals surface area (Å²) in [5.74, 6) is 0.796. The summed E-state index contributed by atoms with van der Waals surface area (Å²) < 4.78 is 5.56. The minimum atomic E-state index is -0.0106. The average molecular weight is 352 g/mol. The molecule has 2 aromatic carbocycles. The van der Waals surface area contributed by atoms with Crippen molar-refractivity contribution in [1.82, 2.24) is 5.32 Å². The molecule has 0 radical (unpaired) electrons. The third-order valence-electron chi connectivity index (χ3n) is 3.34. The molecule has 0 aliphatic heterocycles. The number of carbonyl (C=O) groups is 1. The lowest BCUT2D eigenvalue weighted by molar-refractivity contribution is -0.121. The molecule has 2 rings (SSSR count). The predicted octanol–water partition coefficient (Wildman–Crippen LogP) is 4.43. The summed E-state index contributed by atoms with van der Waals surface area (Å²) in [4.78, 5) is 11.8. The number of aryl methyl sites for hydroxylation is 2. The zero-order valence-corrected chi connectivity index (χ0v) is 14.5. The number of ether oxygens (including phenoxy) is 1. The highest BCUT2D eigenvalue weighted by atomic mass is 35.5. The van der Waals surface area contributed by atoms with Crippen molar-refractivity contribution in [3.8, 4) is 5.75 Å². The van der Waals surface area contributed by atoms with Gasteiger partial charge < -0.3 is 10.1 Å². The Morgan fingerprint density at radius 2 is 1.83 bits per heavy atom. The highest BCUT2D eigenvalue weighted by Crippen LogP contribution is 2.23. The third kappa shape index (κ3) is 6.12. The summed E-state index contributed by atoms with van der Waals surface area (Å²) in [7, 11) is 0. The van der Waals surface area contributed by atoms with E-state index in [0.29, 0.717) is 36.0 Å². The standard InChI is InChI=1S/C18H19Cl2NO2/c1-13-2-6-15(7-3-13)23-11-10-21-18(22)9-5-14-4-8-16(19)17(20)12-14/h2-4,6-8,12H,5,9-11H2,1H3,(H,21,22). The van der Waals surface area contributed by atoms with Crippen LogP contribution in [-0.4, -0.2) is 19.1 Å². The van der Waals surface area contributed by atoms with Gasteiger partial charge in [-0.3, -0.25) is 4.79 Å². The number of rotatable bonds is 7. The maximum Gasteiger partial charge on any atom is 0.220 e. The summed E-state index contributed by atoms with van der Waals surface area (Å²) in [5, 5.41) is 3.87. The van der Waals surface area contributed by atoms with Crippen molar-refractivity contribution in [3.05, 3.63) is 63.6 Å². The van der Waals surface area contributed by atoms with Crippen LogP contribution in [0, 0.1) is 6.92 Å². The van der Waals surface area contributed by atoms with E-state index in [1.165, 1.54) is 5.56 Å². The Hall–Kier alpha value is -1.71. The van der Waals surface area contributed by atoms with E-state index in [-0.39, 0.29) is 5.91 Å². The third-order valence-corrected chi connectivity index (χ3v) is 4.08. The Morgan fingerprint density at radius 3 is 2.52 bits per heavy atom. The van der Waals surface area contributed by atoms with Crippen molar-refractivity contribution >= 4 is 29.1 Å². The van der Waals surface area contributed by atoms with Gasteiger partial charge in [-0.15, -0.1) is 0 Å². The zero-order valence-electron chi connectivity index (χ0n) is 12.9. The Kier molecular flexibility index (Phi) is 6.75. The van der Waals surface area contributed by atoms with E-state index >= 15 is 0 Å². The molecule has 0 spiro atoms. The van der Waals surface area contributed by atoms with Crippen LogP contribution in [0.4, 0.5) is 0 Å². The molecule has 2 aromatic rings. The molecule has 0 saturated carbocycles. The zero-order chi connectivity index (χ0) is 16.7. The largest absolute Gasteiger partial charge is 0.492 e. The smallest absolute Gasteiger partial charge is 0.220 e. The van der Waals surface area contributed by atoms with E-state index in [9.17, 15) is 4.79 Å². The number of amides is 1. The minimum absolute atomic E-state index is 0.0106. The van der Waals surface area contributed by atoms with Crippen LogP contribution >= 0.6 is 23.2 Å². The molecule has 23 heavy (non-hydrogen) atoms. The molecule has 0 atom stereocenters. The lowest BCUT2D eigenvalue weighted by atomic mass is 10.1. The molecule has 0 aliphatic carbocycles. The summed E-state index contributed by atoms with van der Waals surface area (Å²) in [6.45, 7) is 2.95. The summed E-state index contributed by atoms with van der Waals surface area (Å²) in [6, 6.07) is 13.2. The molecule has 1 N–H and O–H groups in total. The van der Waals surface area contributed by atoms with Gasteiger partial charge in [-0.2, -0.15) is 0 Å². The second-order valence-corrected chi connectivity index (χ2v) is 6.07. The summed E-state index contributed by atoms with van der Waals surface area (Å²) in [5.41, 5.74) is 2.18. The van der Waals surface area contributed by atoms with Gasteiger partial charge in [0.25, 0.3) is 0 Å². The monoisotopic (exact) mass is 351 g/mol. The van der Waals surface area contributed by atoms with Gasteiger partial charge in [0, 0.05) is 6.42 Å². The first kappa shape index (κ1) is 17.6. The molecule has 0 aromatic heterocycles. The number of hydrogen-bond donors (Lipinski definition) is 1. The van der Waals surface area contributed by atoms with Gasteiger partial charge in [-0.25, -0.2) is 0 Å². The maximum absolute atomic E-state index is 11.8. The van der Waals surface area contributed by atoms with Crippen molar-refractivity contribution in [2.24, 2.45) is 0 Å². The molecule has 0 bridgehead atoms. The number of benzene rings is 2. The van der Waals surface area contributed by atoms with E-state index in [1.54, 1.807) is 12.1 Å². The van der Waals surface area contributed by atoms with E-state index in [2.05, 4.69) is 5.32 Å². The van der Waals surface area contributed by atoms with Crippen molar-refractivity contribution in [2.45, 2.75) is 19.8 Å². The maximum atomic E-state index is 11.8. The summed E-state index contributed by atoms with van der Waals surface area (Å²) >= 11 is 11.8. The first-order valence-electron chi connectivity index (χ1n) is 7.44. The second kappa shape index (κ2) is 8.80. The normalized spacial score (nSPS) is 10.4. The predicted molar refractivity (Wildman–Crippen MR) is 94.5 cm³/mol. The Balaban J connectivity index is 1.65. The molecular formula is C18H19Cl2NO2. The van der Waals surface area contributed by atoms with Crippen LogP contribution in [0.2, 0.25) is 10.0 Å². The average Bonchev–Trinajstić information content (AvgIpc) is 2.54. The molecule has 0 unspecified atom stereocenters. The lowest BCUT2D eigenvalue weighted by Gasteiger charge is -2.08. The lowest BCUT2D eigenvalue weighted by Crippen LogP contribution is -2.28. The molecule has 0 saturated heterocycles. The first-order valence-corrected chi connectivity index (χ1v) is 8.20. The molecular weight excluding hydrogens is 333 g/mol. The van der Waals surface area contributed by atoms with Crippen LogP contribution in [-0.2, 0) is 11.2 Å². The molecule has 0 heterocycles. The van der Waals surface area contributed by atoms with Crippen molar-refractivity contribution in [2.75, 3.05) is 13.2 Å². The van der Waals surface area contributed by atoms with Gasteiger partial charge in [0.15, 0.2) is 0 Å². The van der Waals surface area contributed by atoms with Crippen LogP contribution in [0.25, 0.3) is 0 Å². The van der Waals surface area contributed by atoms with Crippen LogP contribution in [0.15, 0.2) is 42.5 Å². The molecule has 3 nitrogen and oxygen atoms in total. The number of carbonyl (C=O) groups excluding carboxylic acids is 1. The molecule has 5 heteroatoms. The van der Waals surface area contributed by atoms with Gasteiger partial charge in [-0.05, 0) is 43.2 Å². The first-order chi connectivity index (χ1) is 11.0. The van der Waals surface area contributed by atoms with Gasteiger partial charge in [0.1, 0.15) is 12.4 Å². The van der Waals surface area contributed by atoms with Crippen LogP contribution < -0.4 is 10.1 Å². The van der Waals surface area contributed by atoms with E-state index in [1.807, 2.05) is 37.3 Å². The van der Waals surface area contributed by atoms with E-state index in [4.69, 9.17) is 27.9 Å². The Morgan fingerprint density at radius 1 is 1.09 bits per heavy atom. The minimum Gasteiger partial charge on any atom is -0.492 e. The SMILES string of the molecule is Cc1ccc(OCCNC(=O)CCc2ccc(Cl)c(Cl)c2)cc1. The van der Waals surface area contributed by atoms with Crippen molar-refractivity contribution in [3.63, 3.8) is 0 Å². The van der Waals surface area contributed by atoms with Gasteiger partial charge in [0.05, 0.1) is 16.6 Å². The quantitative estimate of drug-likeness (QED) is 0.749. The number of nitrogens with one attached hydrogen (secondary N) is 1. The van der Waals surface area contributed by atoms with Crippen molar-refractivity contribution < 1.29 is 9.53 Å². The van der Waals surface area contributed by atoms with Gasteiger partial charge in [0.2, 0.25) is 5.91 Å². The molecule has 0 fully saturated rings. The Labute approximate surface area is 146 Å². The van der Waals surface area contributed by atoms with Gasteiger partial charge in [-0.1, -0.05) is 47.0 Å². The van der Waals surface area contributed by atoms with Crippen LogP contribution in [0.5, 0.6) is 5.75 Å².